The van der Waals surface area contributed by atoms with E-state index >= 15 is 0 Å². The van der Waals surface area contributed by atoms with Crippen LogP contribution in [0.3, 0.4) is 0 Å². The number of rotatable bonds is 8. The van der Waals surface area contributed by atoms with E-state index in [1.165, 1.54) is 11.3 Å². The topological polar surface area (TPSA) is 95.7 Å². The molecular weight excluding hydrogens is 362 g/mol. The number of thiophene rings is 1. The fourth-order valence-electron chi connectivity index (χ4n) is 2.48. The molecule has 27 heavy (non-hydrogen) atoms. The molecule has 8 nitrogen and oxygen atoms in total. The minimum Gasteiger partial charge on any atom is -0.357 e. The number of hydrogen-bond acceptors (Lipinski definition) is 5. The van der Waals surface area contributed by atoms with Crippen molar-refractivity contribution in [2.75, 3.05) is 19.6 Å². The predicted octanol–water partition coefficient (Wildman–Crippen LogP) is 1.67. The summed E-state index contributed by atoms with van der Waals surface area (Å²) in [5, 5.41) is 19.6. The summed E-state index contributed by atoms with van der Waals surface area (Å²) in [6.07, 6.45) is 2.73. The summed E-state index contributed by atoms with van der Waals surface area (Å²) < 4.78 is 1.92. The molecule has 3 rings (SSSR count). The molecule has 0 fully saturated rings. The minimum atomic E-state index is -0.0238. The molecule has 0 aliphatic heterocycles. The van der Waals surface area contributed by atoms with E-state index in [4.69, 9.17) is 0 Å². The van der Waals surface area contributed by atoms with Crippen LogP contribution in [-0.2, 0) is 6.54 Å². The molecule has 0 aliphatic carbocycles. The van der Waals surface area contributed by atoms with Gasteiger partial charge in [-0.05, 0) is 36.9 Å². The maximum absolute atomic E-state index is 11.9. The van der Waals surface area contributed by atoms with Crippen LogP contribution < -0.4 is 16.0 Å². The summed E-state index contributed by atoms with van der Waals surface area (Å²) in [6, 6.07) is 9.48. The van der Waals surface area contributed by atoms with E-state index in [0.717, 1.165) is 35.3 Å². The number of aromatic nitrogens is 3. The molecule has 0 saturated carbocycles. The normalized spacial score (nSPS) is 11.5. The van der Waals surface area contributed by atoms with Gasteiger partial charge in [-0.15, -0.1) is 21.5 Å². The Morgan fingerprint density at radius 2 is 2.04 bits per heavy atom. The lowest BCUT2D eigenvalue weighted by Gasteiger charge is -2.11. The number of carbonyl (C=O) groups excluding carboxylic acids is 1. The molecule has 0 unspecified atom stereocenters. The van der Waals surface area contributed by atoms with Gasteiger partial charge in [-0.2, -0.15) is 0 Å². The Kier molecular flexibility index (Phi) is 6.75. The molecule has 3 N–H and O–H groups in total. The highest BCUT2D eigenvalue weighted by Crippen LogP contribution is 2.07. The molecule has 0 saturated heterocycles. The predicted molar refractivity (Wildman–Crippen MR) is 107 cm³/mol. The van der Waals surface area contributed by atoms with Gasteiger partial charge in [0.2, 0.25) is 0 Å². The Hall–Kier alpha value is -2.94. The molecule has 9 heteroatoms. The second-order valence-electron chi connectivity index (χ2n) is 5.75. The Bertz CT molecular complexity index is 888. The van der Waals surface area contributed by atoms with Crippen LogP contribution in [0.15, 0.2) is 46.9 Å². The first kappa shape index (κ1) is 18.8. The van der Waals surface area contributed by atoms with E-state index < -0.39 is 0 Å². The molecule has 0 atom stereocenters. The van der Waals surface area contributed by atoms with Crippen molar-refractivity contribution in [3.05, 3.63) is 52.6 Å². The van der Waals surface area contributed by atoms with E-state index in [9.17, 15) is 4.79 Å². The first-order valence-corrected chi connectivity index (χ1v) is 9.78. The highest BCUT2D eigenvalue weighted by atomic mass is 32.1. The van der Waals surface area contributed by atoms with Crippen LogP contribution in [0.5, 0.6) is 0 Å². The van der Waals surface area contributed by atoms with Crippen LogP contribution in [-0.4, -0.2) is 46.1 Å². The Morgan fingerprint density at radius 1 is 1.15 bits per heavy atom. The van der Waals surface area contributed by atoms with Crippen molar-refractivity contribution >= 4 is 28.9 Å². The van der Waals surface area contributed by atoms with Crippen LogP contribution in [0.2, 0.25) is 0 Å². The van der Waals surface area contributed by atoms with E-state index in [0.29, 0.717) is 19.6 Å². The van der Waals surface area contributed by atoms with Gasteiger partial charge in [0.05, 0.1) is 4.88 Å². The number of pyridine rings is 1. The van der Waals surface area contributed by atoms with Gasteiger partial charge in [-0.1, -0.05) is 12.1 Å². The number of guanidine groups is 1. The van der Waals surface area contributed by atoms with E-state index in [1.807, 2.05) is 53.2 Å². The van der Waals surface area contributed by atoms with Crippen molar-refractivity contribution in [3.8, 4) is 0 Å². The quantitative estimate of drug-likeness (QED) is 0.311. The first-order chi connectivity index (χ1) is 13.3. The lowest BCUT2D eigenvalue weighted by Crippen LogP contribution is -2.38. The van der Waals surface area contributed by atoms with Crippen LogP contribution in [0.4, 0.5) is 0 Å². The van der Waals surface area contributed by atoms with E-state index in [1.54, 1.807) is 0 Å². The second kappa shape index (κ2) is 9.67. The third kappa shape index (κ3) is 5.27. The van der Waals surface area contributed by atoms with Gasteiger partial charge in [0, 0.05) is 25.8 Å². The minimum absolute atomic E-state index is 0.0238. The van der Waals surface area contributed by atoms with Gasteiger partial charge in [-0.25, -0.2) is 4.99 Å². The van der Waals surface area contributed by atoms with Gasteiger partial charge >= 0.3 is 0 Å². The molecule has 0 spiro atoms. The average molecular weight is 385 g/mol. The number of carbonyl (C=O) groups is 1. The number of amides is 1. The molecule has 0 bridgehead atoms. The Labute approximate surface area is 161 Å². The van der Waals surface area contributed by atoms with E-state index in [2.05, 4.69) is 31.1 Å². The van der Waals surface area contributed by atoms with Gasteiger partial charge in [-0.3, -0.25) is 9.20 Å². The third-order valence-electron chi connectivity index (χ3n) is 3.78. The highest BCUT2D eigenvalue weighted by Gasteiger charge is 2.06. The van der Waals surface area contributed by atoms with Gasteiger partial charge in [0.1, 0.15) is 6.54 Å². The third-order valence-corrected chi connectivity index (χ3v) is 4.65. The van der Waals surface area contributed by atoms with Crippen LogP contribution in [0, 0.1) is 0 Å². The summed E-state index contributed by atoms with van der Waals surface area (Å²) in [4.78, 5) is 17.2. The van der Waals surface area contributed by atoms with Gasteiger partial charge in [0.15, 0.2) is 17.4 Å². The molecule has 0 aliphatic rings. The summed E-state index contributed by atoms with van der Waals surface area (Å²) in [5.41, 5.74) is 0.808. The maximum Gasteiger partial charge on any atom is 0.261 e. The fraction of sp³-hybridized carbons (Fsp3) is 0.333. The van der Waals surface area contributed by atoms with Gasteiger partial charge in [0.25, 0.3) is 5.91 Å². The van der Waals surface area contributed by atoms with Gasteiger partial charge < -0.3 is 16.0 Å². The maximum atomic E-state index is 11.9. The number of aliphatic imine (C=N–C) groups is 1. The molecule has 0 radical (unpaired) electrons. The van der Waals surface area contributed by atoms with Crippen molar-refractivity contribution in [3.63, 3.8) is 0 Å². The Balaban J connectivity index is 1.45. The number of nitrogens with one attached hydrogen (secondary N) is 3. The summed E-state index contributed by atoms with van der Waals surface area (Å²) >= 11 is 1.44. The summed E-state index contributed by atoms with van der Waals surface area (Å²) in [7, 11) is 0. The zero-order chi connectivity index (χ0) is 18.9. The second-order valence-corrected chi connectivity index (χ2v) is 6.70. The smallest absolute Gasteiger partial charge is 0.261 e. The number of fused-ring (bicyclic) bond motifs is 1. The van der Waals surface area contributed by atoms with Crippen molar-refractivity contribution in [1.29, 1.82) is 0 Å². The first-order valence-electron chi connectivity index (χ1n) is 8.90. The lowest BCUT2D eigenvalue weighted by atomic mass is 10.4. The zero-order valence-electron chi connectivity index (χ0n) is 15.2. The molecule has 3 heterocycles. The molecule has 3 aromatic heterocycles. The highest BCUT2D eigenvalue weighted by molar-refractivity contribution is 7.12. The van der Waals surface area contributed by atoms with Crippen molar-refractivity contribution in [2.45, 2.75) is 19.9 Å². The molecule has 0 aromatic carbocycles. The average Bonchev–Trinajstić information content (AvgIpc) is 3.36. The lowest BCUT2D eigenvalue weighted by molar-refractivity contribution is 0.0957. The standard InChI is InChI=1S/C18H23N7OS/c1-2-19-18(21-10-6-9-20-17(26)14-7-5-12-27-14)22-13-16-24-23-15-8-3-4-11-25(15)16/h3-5,7-8,11-12H,2,6,9-10,13H2,1H3,(H,20,26)(H2,19,21,22). The molecule has 1 amide bonds. The molecular formula is C18H23N7OS. The number of hydrogen-bond donors (Lipinski definition) is 3. The zero-order valence-corrected chi connectivity index (χ0v) is 16.0. The van der Waals surface area contributed by atoms with Crippen LogP contribution >= 0.6 is 11.3 Å². The largest absolute Gasteiger partial charge is 0.357 e. The van der Waals surface area contributed by atoms with Crippen molar-refractivity contribution in [1.82, 2.24) is 30.5 Å². The summed E-state index contributed by atoms with van der Waals surface area (Å²) in [6.45, 7) is 4.52. The number of nitrogens with zero attached hydrogens (tertiary/aromatic N) is 4. The fourth-order valence-corrected chi connectivity index (χ4v) is 3.12. The SMILES string of the molecule is CCNC(=NCc1nnc2ccccn12)NCCCNC(=O)c1cccs1. The molecule has 3 aromatic rings. The van der Waals surface area contributed by atoms with Crippen molar-refractivity contribution < 1.29 is 4.79 Å². The van der Waals surface area contributed by atoms with Crippen LogP contribution in [0.1, 0.15) is 28.8 Å². The Morgan fingerprint density at radius 3 is 2.85 bits per heavy atom. The summed E-state index contributed by atoms with van der Waals surface area (Å²) in [5.74, 6) is 1.48. The monoisotopic (exact) mass is 385 g/mol. The van der Waals surface area contributed by atoms with Crippen LogP contribution in [0.25, 0.3) is 5.65 Å². The molecule has 142 valence electrons. The van der Waals surface area contributed by atoms with Crippen molar-refractivity contribution in [2.24, 2.45) is 4.99 Å². The van der Waals surface area contributed by atoms with E-state index in [-0.39, 0.29) is 5.91 Å².